The number of alkyl carbamates (subject to hydrolysis) is 1. The first-order valence-electron chi connectivity index (χ1n) is 7.93. The summed E-state index contributed by atoms with van der Waals surface area (Å²) in [6, 6.07) is 6.96. The van der Waals surface area contributed by atoms with Gasteiger partial charge in [-0.05, 0) is 25.3 Å². The quantitative estimate of drug-likeness (QED) is 0.617. The van der Waals surface area contributed by atoms with Crippen molar-refractivity contribution >= 4 is 18.0 Å². The molecule has 3 N–H and O–H groups in total. The van der Waals surface area contributed by atoms with Crippen molar-refractivity contribution in [1.82, 2.24) is 10.6 Å². The molecule has 25 heavy (non-hydrogen) atoms. The van der Waals surface area contributed by atoms with Gasteiger partial charge in [0.05, 0.1) is 12.7 Å². The van der Waals surface area contributed by atoms with E-state index in [1.165, 1.54) is 14.0 Å². The lowest BCUT2D eigenvalue weighted by Crippen LogP contribution is -2.57. The van der Waals surface area contributed by atoms with Gasteiger partial charge in [-0.2, -0.15) is 0 Å². The van der Waals surface area contributed by atoms with Crippen molar-refractivity contribution in [3.63, 3.8) is 0 Å². The summed E-state index contributed by atoms with van der Waals surface area (Å²) in [5, 5.41) is 15.0. The van der Waals surface area contributed by atoms with E-state index in [0.717, 1.165) is 5.56 Å². The molecular formula is C17H22N2O6. The van der Waals surface area contributed by atoms with E-state index in [-0.39, 0.29) is 6.61 Å². The number of ether oxygens (including phenoxy) is 2. The van der Waals surface area contributed by atoms with E-state index in [1.807, 2.05) is 18.2 Å². The van der Waals surface area contributed by atoms with Gasteiger partial charge >= 0.3 is 12.1 Å². The Bertz CT molecular complexity index is 629. The zero-order valence-electron chi connectivity index (χ0n) is 14.2. The lowest BCUT2D eigenvalue weighted by Gasteiger charge is -2.24. The number of hydrogen-bond donors (Lipinski definition) is 3. The van der Waals surface area contributed by atoms with Crippen molar-refractivity contribution in [2.75, 3.05) is 7.11 Å². The molecule has 0 saturated heterocycles. The van der Waals surface area contributed by atoms with Crippen LogP contribution in [0.2, 0.25) is 0 Å². The van der Waals surface area contributed by atoms with Gasteiger partial charge in [0, 0.05) is 0 Å². The molecule has 1 aliphatic carbocycles. The van der Waals surface area contributed by atoms with E-state index < -0.39 is 35.7 Å². The van der Waals surface area contributed by atoms with Crippen LogP contribution in [-0.4, -0.2) is 47.9 Å². The van der Waals surface area contributed by atoms with Crippen LogP contribution in [-0.2, 0) is 25.7 Å². The normalized spacial score (nSPS) is 16.9. The van der Waals surface area contributed by atoms with Gasteiger partial charge in [-0.1, -0.05) is 30.3 Å². The summed E-state index contributed by atoms with van der Waals surface area (Å²) in [5.41, 5.74) is -0.533. The molecule has 8 heteroatoms. The van der Waals surface area contributed by atoms with Crippen LogP contribution in [0, 0.1) is 0 Å². The Morgan fingerprint density at radius 1 is 1.20 bits per heavy atom. The van der Waals surface area contributed by atoms with Gasteiger partial charge in [-0.3, -0.25) is 4.79 Å². The first-order chi connectivity index (χ1) is 11.9. The zero-order chi connectivity index (χ0) is 18.4. The Morgan fingerprint density at radius 3 is 2.40 bits per heavy atom. The van der Waals surface area contributed by atoms with Gasteiger partial charge in [0.1, 0.15) is 18.7 Å². The number of rotatable bonds is 7. The lowest BCUT2D eigenvalue weighted by molar-refractivity contribution is -0.145. The van der Waals surface area contributed by atoms with E-state index in [0.29, 0.717) is 12.8 Å². The number of esters is 1. The Hall–Kier alpha value is -2.61. The van der Waals surface area contributed by atoms with Crippen LogP contribution < -0.4 is 10.6 Å². The number of amides is 2. The molecular weight excluding hydrogens is 328 g/mol. The molecule has 8 nitrogen and oxygen atoms in total. The average molecular weight is 350 g/mol. The smallest absolute Gasteiger partial charge is 0.408 e. The molecule has 2 rings (SSSR count). The highest BCUT2D eigenvalue weighted by molar-refractivity contribution is 5.90. The van der Waals surface area contributed by atoms with Crippen molar-refractivity contribution in [1.29, 1.82) is 0 Å². The molecule has 136 valence electrons. The van der Waals surface area contributed by atoms with Crippen LogP contribution >= 0.6 is 0 Å². The first kappa shape index (κ1) is 18.7. The van der Waals surface area contributed by atoms with Crippen molar-refractivity contribution in [3.8, 4) is 0 Å². The maximum absolute atomic E-state index is 12.3. The molecule has 2 amide bonds. The largest absolute Gasteiger partial charge is 0.467 e. The summed E-state index contributed by atoms with van der Waals surface area (Å²) in [6.07, 6.45) is -0.0807. The summed E-state index contributed by atoms with van der Waals surface area (Å²) in [6.45, 7) is 1.49. The Labute approximate surface area is 145 Å². The zero-order valence-corrected chi connectivity index (χ0v) is 14.2. The van der Waals surface area contributed by atoms with Gasteiger partial charge in [0.25, 0.3) is 0 Å². The highest BCUT2D eigenvalue weighted by atomic mass is 16.5. The Morgan fingerprint density at radius 2 is 1.84 bits per heavy atom. The van der Waals surface area contributed by atoms with Crippen molar-refractivity contribution < 1.29 is 29.0 Å². The highest BCUT2D eigenvalue weighted by Gasteiger charge is 2.52. The maximum Gasteiger partial charge on any atom is 0.408 e. The van der Waals surface area contributed by atoms with Crippen LogP contribution in [0.15, 0.2) is 30.3 Å². The fourth-order valence-corrected chi connectivity index (χ4v) is 2.28. The summed E-state index contributed by atoms with van der Waals surface area (Å²) >= 11 is 0. The number of aliphatic hydroxyl groups is 1. The fourth-order valence-electron chi connectivity index (χ4n) is 2.28. The van der Waals surface area contributed by atoms with Crippen molar-refractivity contribution in [2.24, 2.45) is 0 Å². The van der Waals surface area contributed by atoms with Gasteiger partial charge in [0.2, 0.25) is 5.91 Å². The summed E-state index contributed by atoms with van der Waals surface area (Å²) in [5.74, 6) is -1.30. The fraction of sp³-hybridized carbons (Fsp3) is 0.471. The van der Waals surface area contributed by atoms with E-state index in [1.54, 1.807) is 12.1 Å². The van der Waals surface area contributed by atoms with Crippen molar-refractivity contribution in [2.45, 2.75) is 44.1 Å². The van der Waals surface area contributed by atoms with Crippen LogP contribution in [0.1, 0.15) is 25.3 Å². The second-order valence-electron chi connectivity index (χ2n) is 6.00. The predicted octanol–water partition coefficient (Wildman–Crippen LogP) is 0.484. The predicted molar refractivity (Wildman–Crippen MR) is 87.4 cm³/mol. The second kappa shape index (κ2) is 7.98. The summed E-state index contributed by atoms with van der Waals surface area (Å²) in [4.78, 5) is 35.7. The number of benzene rings is 1. The molecule has 0 unspecified atom stereocenters. The van der Waals surface area contributed by atoms with E-state index >= 15 is 0 Å². The minimum Gasteiger partial charge on any atom is -0.467 e. The number of carbonyl (C=O) groups excluding carboxylic acids is 3. The molecule has 0 aliphatic heterocycles. The molecule has 1 saturated carbocycles. The molecule has 0 radical (unpaired) electrons. The third-order valence-electron chi connectivity index (χ3n) is 3.95. The van der Waals surface area contributed by atoms with Gasteiger partial charge in [-0.15, -0.1) is 0 Å². The molecule has 1 aromatic carbocycles. The SMILES string of the molecule is COC(=O)[C@H](C)NC(=O)[C@@H](NC(=O)OCc1ccccc1)C1(O)CC1. The van der Waals surface area contributed by atoms with Gasteiger partial charge < -0.3 is 25.2 Å². The molecule has 1 aliphatic rings. The summed E-state index contributed by atoms with van der Waals surface area (Å²) < 4.78 is 9.61. The molecule has 0 heterocycles. The number of methoxy groups -OCH3 is 1. The van der Waals surface area contributed by atoms with Gasteiger partial charge in [-0.25, -0.2) is 9.59 Å². The minimum atomic E-state index is -1.33. The van der Waals surface area contributed by atoms with Crippen LogP contribution in [0.4, 0.5) is 4.79 Å². The topological polar surface area (TPSA) is 114 Å². The van der Waals surface area contributed by atoms with Crippen LogP contribution in [0.5, 0.6) is 0 Å². The second-order valence-corrected chi connectivity index (χ2v) is 6.00. The molecule has 1 aromatic rings. The first-order valence-corrected chi connectivity index (χ1v) is 7.93. The standard InChI is InChI=1S/C17H22N2O6/c1-11(15(21)24-2)18-14(20)13(17(23)8-9-17)19-16(22)25-10-12-6-4-3-5-7-12/h3-7,11,13,23H,8-10H2,1-2H3,(H,18,20)(H,19,22)/t11-,13+/m0/s1. The van der Waals surface area contributed by atoms with Crippen LogP contribution in [0.3, 0.4) is 0 Å². The van der Waals surface area contributed by atoms with E-state index in [4.69, 9.17) is 4.74 Å². The monoisotopic (exact) mass is 350 g/mol. The van der Waals surface area contributed by atoms with E-state index in [9.17, 15) is 19.5 Å². The Kier molecular flexibility index (Phi) is 5.97. The minimum absolute atomic E-state index is 0.0397. The molecule has 1 fully saturated rings. The average Bonchev–Trinajstić information content (AvgIpc) is 3.36. The third kappa shape index (κ3) is 5.18. The van der Waals surface area contributed by atoms with Crippen LogP contribution in [0.25, 0.3) is 0 Å². The van der Waals surface area contributed by atoms with E-state index in [2.05, 4.69) is 15.4 Å². The molecule has 0 aromatic heterocycles. The third-order valence-corrected chi connectivity index (χ3v) is 3.95. The van der Waals surface area contributed by atoms with Crippen molar-refractivity contribution in [3.05, 3.63) is 35.9 Å². The lowest BCUT2D eigenvalue weighted by atomic mass is 10.1. The maximum atomic E-state index is 12.3. The number of hydrogen-bond acceptors (Lipinski definition) is 6. The number of carbonyl (C=O) groups is 3. The Balaban J connectivity index is 1.92. The molecule has 2 atom stereocenters. The molecule has 0 bridgehead atoms. The highest BCUT2D eigenvalue weighted by Crippen LogP contribution is 2.38. The molecule has 0 spiro atoms. The summed E-state index contributed by atoms with van der Waals surface area (Å²) in [7, 11) is 1.20. The van der Waals surface area contributed by atoms with Gasteiger partial charge in [0.15, 0.2) is 0 Å². The number of nitrogens with one attached hydrogen (secondary N) is 2.